The van der Waals surface area contributed by atoms with Crippen LogP contribution in [0, 0.1) is 5.92 Å². The van der Waals surface area contributed by atoms with Gasteiger partial charge in [0.15, 0.2) is 0 Å². The molecule has 1 amide bonds. The van der Waals surface area contributed by atoms with Gasteiger partial charge in [-0.1, -0.05) is 0 Å². The topological polar surface area (TPSA) is 110 Å². The summed E-state index contributed by atoms with van der Waals surface area (Å²) in [7, 11) is -3.68. The van der Waals surface area contributed by atoms with Crippen molar-refractivity contribution in [3.63, 3.8) is 0 Å². The predicted octanol–water partition coefficient (Wildman–Crippen LogP) is 2.66. The van der Waals surface area contributed by atoms with Crippen molar-refractivity contribution >= 4 is 16.1 Å². The van der Waals surface area contributed by atoms with Crippen LogP contribution < -0.4 is 9.88 Å². The number of likely N-dealkylation sites (tertiary alicyclic amines) is 1. The minimum absolute atomic E-state index is 0.0617. The second kappa shape index (κ2) is 7.61. The second-order valence-electron chi connectivity index (χ2n) is 7.14. The average molecular weight is 370 g/mol. The molecule has 8 heteroatoms. The van der Waals surface area contributed by atoms with Crippen LogP contribution >= 0.6 is 0 Å². The molecule has 25 heavy (non-hydrogen) atoms. The Hall–Kier alpha value is -1.80. The first-order valence-corrected chi connectivity index (χ1v) is 9.90. The van der Waals surface area contributed by atoms with Gasteiger partial charge in [-0.15, -0.1) is 0 Å². The van der Waals surface area contributed by atoms with E-state index in [1.54, 1.807) is 12.1 Å². The van der Waals surface area contributed by atoms with Crippen LogP contribution in [0.4, 0.5) is 4.79 Å². The molecule has 0 spiro atoms. The summed E-state index contributed by atoms with van der Waals surface area (Å²) in [6.07, 6.45) is 2.83. The molecule has 140 valence electrons. The lowest BCUT2D eigenvalue weighted by Gasteiger charge is -2.28. The van der Waals surface area contributed by atoms with Crippen LogP contribution in [0.5, 0.6) is 5.75 Å². The highest BCUT2D eigenvalue weighted by Gasteiger charge is 2.40. The number of benzene rings is 1. The van der Waals surface area contributed by atoms with Gasteiger partial charge < -0.3 is 14.7 Å². The summed E-state index contributed by atoms with van der Waals surface area (Å²) in [5, 5.41) is 14.3. The zero-order chi connectivity index (χ0) is 18.7. The number of nitrogens with zero attached hydrogens (tertiary/aromatic N) is 1. The number of hydrogen-bond donors (Lipinski definition) is 2. The van der Waals surface area contributed by atoms with Gasteiger partial charge in [-0.3, -0.25) is 0 Å². The van der Waals surface area contributed by atoms with Crippen LogP contribution in [0.1, 0.15) is 39.5 Å². The van der Waals surface area contributed by atoms with Gasteiger partial charge in [0, 0.05) is 12.1 Å². The maximum absolute atomic E-state index is 11.2. The van der Waals surface area contributed by atoms with Crippen LogP contribution in [0.2, 0.25) is 0 Å². The molecule has 1 fully saturated rings. The molecular formula is C17H26N2O5S. The van der Waals surface area contributed by atoms with E-state index in [1.165, 1.54) is 17.0 Å². The lowest BCUT2D eigenvalue weighted by molar-refractivity contribution is 0.117. The number of carbonyl (C=O) groups is 1. The minimum atomic E-state index is -3.68. The van der Waals surface area contributed by atoms with Gasteiger partial charge in [0.05, 0.1) is 11.5 Å². The van der Waals surface area contributed by atoms with Crippen molar-refractivity contribution < 1.29 is 23.1 Å². The predicted molar refractivity (Wildman–Crippen MR) is 94.1 cm³/mol. The molecule has 0 saturated carbocycles. The van der Waals surface area contributed by atoms with Crippen molar-refractivity contribution in [1.82, 2.24) is 4.90 Å². The number of rotatable bonds is 7. The first kappa shape index (κ1) is 19.5. The van der Waals surface area contributed by atoms with Crippen LogP contribution in [0.3, 0.4) is 0 Å². The number of unbranched alkanes of at least 4 members (excludes halogenated alkanes) is 1. The van der Waals surface area contributed by atoms with Crippen molar-refractivity contribution in [3.8, 4) is 5.75 Å². The largest absolute Gasteiger partial charge is 0.494 e. The number of ether oxygens (including phenoxy) is 1. The van der Waals surface area contributed by atoms with Crippen LogP contribution in [0.25, 0.3) is 0 Å². The molecule has 1 heterocycles. The average Bonchev–Trinajstić information content (AvgIpc) is 2.81. The molecule has 1 saturated heterocycles. The Kier molecular flexibility index (Phi) is 5.95. The van der Waals surface area contributed by atoms with E-state index >= 15 is 0 Å². The smallest absolute Gasteiger partial charge is 0.407 e. The van der Waals surface area contributed by atoms with Gasteiger partial charge in [0.1, 0.15) is 5.75 Å². The number of carboxylic acid groups (broad SMARTS) is 1. The van der Waals surface area contributed by atoms with Crippen molar-refractivity contribution in [2.45, 2.75) is 50.0 Å². The van der Waals surface area contributed by atoms with E-state index in [1.807, 2.05) is 13.8 Å². The van der Waals surface area contributed by atoms with Crippen molar-refractivity contribution in [2.75, 3.05) is 13.2 Å². The van der Waals surface area contributed by atoms with E-state index in [9.17, 15) is 18.3 Å². The molecule has 3 N–H and O–H groups in total. The van der Waals surface area contributed by atoms with Gasteiger partial charge >= 0.3 is 6.09 Å². The zero-order valence-electron chi connectivity index (χ0n) is 14.6. The minimum Gasteiger partial charge on any atom is -0.494 e. The number of amides is 1. The number of primary sulfonamides is 1. The molecule has 0 radical (unpaired) electrons. The highest BCUT2D eigenvalue weighted by Crippen LogP contribution is 2.35. The third-order valence-electron chi connectivity index (χ3n) is 4.62. The zero-order valence-corrected chi connectivity index (χ0v) is 15.5. The summed E-state index contributed by atoms with van der Waals surface area (Å²) >= 11 is 0. The van der Waals surface area contributed by atoms with Gasteiger partial charge in [-0.2, -0.15) is 0 Å². The Morgan fingerprint density at radius 1 is 1.32 bits per heavy atom. The molecule has 0 bridgehead atoms. The van der Waals surface area contributed by atoms with Crippen LogP contribution in [-0.4, -0.2) is 43.2 Å². The summed E-state index contributed by atoms with van der Waals surface area (Å²) < 4.78 is 28.0. The van der Waals surface area contributed by atoms with E-state index in [4.69, 9.17) is 9.88 Å². The Labute approximate surface area is 148 Å². The van der Waals surface area contributed by atoms with Gasteiger partial charge in [-0.25, -0.2) is 18.4 Å². The standard InChI is InChI=1S/C17H26N2O5S/c1-17(2)11-13(12-19(17)16(20)21)5-3-4-10-24-14-6-8-15(9-7-14)25(18,22)23/h6-9,13H,3-5,10-12H2,1-2H3,(H,20,21)(H2,18,22,23). The molecule has 7 nitrogen and oxygen atoms in total. The molecule has 1 aromatic carbocycles. The van der Waals surface area contributed by atoms with Crippen molar-refractivity contribution in [3.05, 3.63) is 24.3 Å². The number of nitrogens with two attached hydrogens (primary N) is 1. The third kappa shape index (κ3) is 5.34. The first-order valence-electron chi connectivity index (χ1n) is 8.36. The fraction of sp³-hybridized carbons (Fsp3) is 0.588. The van der Waals surface area contributed by atoms with Crippen LogP contribution in [0.15, 0.2) is 29.2 Å². The fourth-order valence-electron chi connectivity index (χ4n) is 3.37. The first-order chi connectivity index (χ1) is 11.6. The molecule has 2 rings (SSSR count). The lowest BCUT2D eigenvalue weighted by Crippen LogP contribution is -2.41. The van der Waals surface area contributed by atoms with Gasteiger partial charge in [-0.05, 0) is 69.7 Å². The van der Waals surface area contributed by atoms with E-state index < -0.39 is 16.1 Å². The molecule has 1 unspecified atom stereocenters. The SMILES string of the molecule is CC1(C)CC(CCCCOc2ccc(S(N)(=O)=O)cc2)CN1C(=O)O. The molecular weight excluding hydrogens is 344 g/mol. The Bertz CT molecular complexity index is 700. The van der Waals surface area contributed by atoms with Gasteiger partial charge in [0.2, 0.25) is 10.0 Å². The van der Waals surface area contributed by atoms with Crippen molar-refractivity contribution in [2.24, 2.45) is 11.1 Å². The Morgan fingerprint density at radius 2 is 1.96 bits per heavy atom. The molecule has 1 atom stereocenters. The second-order valence-corrected chi connectivity index (χ2v) is 8.70. The highest BCUT2D eigenvalue weighted by molar-refractivity contribution is 7.89. The van der Waals surface area contributed by atoms with E-state index in [0.717, 1.165) is 25.7 Å². The molecule has 1 aromatic rings. The normalized spacial score (nSPS) is 19.8. The molecule has 1 aliphatic rings. The highest BCUT2D eigenvalue weighted by atomic mass is 32.2. The summed E-state index contributed by atoms with van der Waals surface area (Å²) in [5.74, 6) is 0.992. The Balaban J connectivity index is 1.70. The quantitative estimate of drug-likeness (QED) is 0.717. The van der Waals surface area contributed by atoms with Crippen molar-refractivity contribution in [1.29, 1.82) is 0 Å². The third-order valence-corrected chi connectivity index (χ3v) is 5.55. The maximum Gasteiger partial charge on any atom is 0.407 e. The maximum atomic E-state index is 11.2. The van der Waals surface area contributed by atoms with Crippen LogP contribution in [-0.2, 0) is 10.0 Å². The molecule has 0 aliphatic carbocycles. The summed E-state index contributed by atoms with van der Waals surface area (Å²) in [4.78, 5) is 12.8. The fourth-order valence-corrected chi connectivity index (χ4v) is 3.88. The molecule has 0 aromatic heterocycles. The summed E-state index contributed by atoms with van der Waals surface area (Å²) in [6, 6.07) is 6.02. The van der Waals surface area contributed by atoms with E-state index in [2.05, 4.69) is 0 Å². The number of hydrogen-bond acceptors (Lipinski definition) is 4. The monoisotopic (exact) mass is 370 g/mol. The lowest BCUT2D eigenvalue weighted by atomic mass is 9.93. The van der Waals surface area contributed by atoms with E-state index in [0.29, 0.717) is 24.8 Å². The molecule has 1 aliphatic heterocycles. The summed E-state index contributed by atoms with van der Waals surface area (Å²) in [5.41, 5.74) is -0.294. The van der Waals surface area contributed by atoms with Gasteiger partial charge in [0.25, 0.3) is 0 Å². The van der Waals surface area contributed by atoms with E-state index in [-0.39, 0.29) is 10.4 Å². The Morgan fingerprint density at radius 3 is 2.48 bits per heavy atom. The number of sulfonamides is 1. The summed E-state index contributed by atoms with van der Waals surface area (Å²) in [6.45, 7) is 5.07.